The predicted molar refractivity (Wildman–Crippen MR) is 78.2 cm³/mol. The average molecular weight is 271 g/mol. The molecule has 20 heavy (non-hydrogen) atoms. The van der Waals surface area contributed by atoms with Crippen molar-refractivity contribution in [3.63, 3.8) is 0 Å². The summed E-state index contributed by atoms with van der Waals surface area (Å²) in [6.45, 7) is 5.29. The molecule has 0 bridgehead atoms. The van der Waals surface area contributed by atoms with Crippen molar-refractivity contribution in [2.45, 2.75) is 32.7 Å². The molecule has 0 spiro atoms. The third-order valence-corrected chi connectivity index (χ3v) is 3.76. The second-order valence-corrected chi connectivity index (χ2v) is 5.40. The molecule has 0 aliphatic carbocycles. The first-order valence-electron chi connectivity index (χ1n) is 7.40. The van der Waals surface area contributed by atoms with Crippen molar-refractivity contribution in [2.75, 3.05) is 13.1 Å². The summed E-state index contributed by atoms with van der Waals surface area (Å²) < 4.78 is 2.00. The summed E-state index contributed by atoms with van der Waals surface area (Å²) in [6, 6.07) is 2.01. The SMILES string of the molecule is CCCn1nccc1-c1cncc(C[C@H]2CCNC2)n1. The van der Waals surface area contributed by atoms with E-state index in [0.29, 0.717) is 5.92 Å². The summed E-state index contributed by atoms with van der Waals surface area (Å²) in [5, 5.41) is 7.75. The number of aromatic nitrogens is 4. The minimum Gasteiger partial charge on any atom is -0.316 e. The van der Waals surface area contributed by atoms with Crippen LogP contribution in [0.1, 0.15) is 25.5 Å². The molecule has 5 heteroatoms. The second kappa shape index (κ2) is 6.13. The van der Waals surface area contributed by atoms with Crippen molar-refractivity contribution in [1.82, 2.24) is 25.1 Å². The van der Waals surface area contributed by atoms with E-state index in [1.807, 2.05) is 29.3 Å². The molecule has 1 fully saturated rings. The van der Waals surface area contributed by atoms with Gasteiger partial charge in [0.2, 0.25) is 0 Å². The van der Waals surface area contributed by atoms with Crippen molar-refractivity contribution < 1.29 is 0 Å². The molecule has 2 aromatic heterocycles. The highest BCUT2D eigenvalue weighted by molar-refractivity contribution is 5.52. The molecular formula is C15H21N5. The van der Waals surface area contributed by atoms with E-state index in [2.05, 4.69) is 22.3 Å². The zero-order chi connectivity index (χ0) is 13.8. The smallest absolute Gasteiger partial charge is 0.107 e. The lowest BCUT2D eigenvalue weighted by Crippen LogP contribution is -2.12. The molecular weight excluding hydrogens is 250 g/mol. The van der Waals surface area contributed by atoms with E-state index >= 15 is 0 Å². The van der Waals surface area contributed by atoms with Gasteiger partial charge in [0.05, 0.1) is 17.6 Å². The molecule has 0 unspecified atom stereocenters. The maximum atomic E-state index is 4.77. The van der Waals surface area contributed by atoms with Gasteiger partial charge < -0.3 is 5.32 Å². The Hall–Kier alpha value is -1.75. The van der Waals surface area contributed by atoms with Crippen LogP contribution >= 0.6 is 0 Å². The maximum absolute atomic E-state index is 4.77. The highest BCUT2D eigenvalue weighted by Crippen LogP contribution is 2.18. The van der Waals surface area contributed by atoms with E-state index in [1.165, 1.54) is 6.42 Å². The van der Waals surface area contributed by atoms with Crippen LogP contribution in [0.2, 0.25) is 0 Å². The lowest BCUT2D eigenvalue weighted by atomic mass is 10.0. The van der Waals surface area contributed by atoms with E-state index in [-0.39, 0.29) is 0 Å². The Morgan fingerprint density at radius 3 is 3.15 bits per heavy atom. The van der Waals surface area contributed by atoms with Gasteiger partial charge in [0.15, 0.2) is 0 Å². The fourth-order valence-corrected chi connectivity index (χ4v) is 2.75. The van der Waals surface area contributed by atoms with Crippen LogP contribution in [-0.4, -0.2) is 32.8 Å². The Kier molecular flexibility index (Phi) is 4.06. The van der Waals surface area contributed by atoms with Gasteiger partial charge in [-0.25, -0.2) is 4.98 Å². The Morgan fingerprint density at radius 1 is 1.40 bits per heavy atom. The van der Waals surface area contributed by atoms with Crippen LogP contribution in [0.3, 0.4) is 0 Å². The number of aryl methyl sites for hydroxylation is 1. The minimum atomic E-state index is 0.695. The Bertz CT molecular complexity index is 557. The largest absolute Gasteiger partial charge is 0.316 e. The van der Waals surface area contributed by atoms with Crippen LogP contribution in [0, 0.1) is 5.92 Å². The predicted octanol–water partition coefficient (Wildman–Crippen LogP) is 1.90. The molecule has 5 nitrogen and oxygen atoms in total. The summed E-state index contributed by atoms with van der Waals surface area (Å²) in [6.07, 6.45) is 8.87. The number of nitrogens with zero attached hydrogens (tertiary/aromatic N) is 4. The monoisotopic (exact) mass is 271 g/mol. The van der Waals surface area contributed by atoms with Gasteiger partial charge in [0, 0.05) is 18.9 Å². The van der Waals surface area contributed by atoms with Crippen molar-refractivity contribution in [2.24, 2.45) is 5.92 Å². The molecule has 0 saturated carbocycles. The fourth-order valence-electron chi connectivity index (χ4n) is 2.75. The normalized spacial score (nSPS) is 18.6. The van der Waals surface area contributed by atoms with E-state index in [1.54, 1.807) is 0 Å². The quantitative estimate of drug-likeness (QED) is 0.902. The summed E-state index contributed by atoms with van der Waals surface area (Å²) >= 11 is 0. The van der Waals surface area contributed by atoms with E-state index < -0.39 is 0 Å². The van der Waals surface area contributed by atoms with Gasteiger partial charge in [-0.15, -0.1) is 0 Å². The van der Waals surface area contributed by atoms with Crippen LogP contribution in [0.15, 0.2) is 24.7 Å². The number of hydrogen-bond acceptors (Lipinski definition) is 4. The van der Waals surface area contributed by atoms with Crippen LogP contribution in [0.4, 0.5) is 0 Å². The van der Waals surface area contributed by atoms with Crippen molar-refractivity contribution in [3.05, 3.63) is 30.4 Å². The van der Waals surface area contributed by atoms with Gasteiger partial charge in [0.25, 0.3) is 0 Å². The van der Waals surface area contributed by atoms with Crippen molar-refractivity contribution >= 4 is 0 Å². The van der Waals surface area contributed by atoms with Crippen LogP contribution in [0.25, 0.3) is 11.4 Å². The average Bonchev–Trinajstić information content (AvgIpc) is 3.11. The van der Waals surface area contributed by atoms with Gasteiger partial charge in [0.1, 0.15) is 5.69 Å². The molecule has 1 aliphatic heterocycles. The summed E-state index contributed by atoms with van der Waals surface area (Å²) in [5.41, 5.74) is 3.07. The second-order valence-electron chi connectivity index (χ2n) is 5.40. The standard InChI is InChI=1S/C15H21N5/c1-2-7-20-15(4-6-18-20)14-11-17-10-13(19-14)8-12-3-5-16-9-12/h4,6,10-12,16H,2-3,5,7-9H2,1H3/t12-/m1/s1. The molecule has 1 saturated heterocycles. The van der Waals surface area contributed by atoms with Gasteiger partial charge in [-0.05, 0) is 44.3 Å². The maximum Gasteiger partial charge on any atom is 0.107 e. The van der Waals surface area contributed by atoms with Crippen molar-refractivity contribution in [3.8, 4) is 11.4 Å². The number of hydrogen-bond donors (Lipinski definition) is 1. The summed E-state index contributed by atoms with van der Waals surface area (Å²) in [5.74, 6) is 0.695. The van der Waals surface area contributed by atoms with E-state index in [4.69, 9.17) is 4.98 Å². The lowest BCUT2D eigenvalue weighted by Gasteiger charge is -2.09. The Labute approximate surface area is 119 Å². The zero-order valence-corrected chi connectivity index (χ0v) is 11.9. The first-order valence-corrected chi connectivity index (χ1v) is 7.40. The number of rotatable bonds is 5. The summed E-state index contributed by atoms with van der Waals surface area (Å²) in [4.78, 5) is 9.13. The molecule has 1 atom stereocenters. The third-order valence-electron chi connectivity index (χ3n) is 3.76. The van der Waals surface area contributed by atoms with Gasteiger partial charge in [-0.1, -0.05) is 6.92 Å². The van der Waals surface area contributed by atoms with Gasteiger partial charge in [-0.2, -0.15) is 5.10 Å². The topological polar surface area (TPSA) is 55.6 Å². The van der Waals surface area contributed by atoms with E-state index in [0.717, 1.165) is 49.6 Å². The number of nitrogens with one attached hydrogen (secondary N) is 1. The highest BCUT2D eigenvalue weighted by atomic mass is 15.3. The van der Waals surface area contributed by atoms with Crippen LogP contribution < -0.4 is 5.32 Å². The molecule has 2 aromatic rings. The Morgan fingerprint density at radius 2 is 2.35 bits per heavy atom. The fraction of sp³-hybridized carbons (Fsp3) is 0.533. The first kappa shape index (κ1) is 13.2. The molecule has 3 rings (SSSR count). The molecule has 3 heterocycles. The molecule has 0 radical (unpaired) electrons. The van der Waals surface area contributed by atoms with E-state index in [9.17, 15) is 0 Å². The molecule has 106 valence electrons. The molecule has 0 aromatic carbocycles. The van der Waals surface area contributed by atoms with Crippen molar-refractivity contribution in [1.29, 1.82) is 0 Å². The molecule has 0 amide bonds. The van der Waals surface area contributed by atoms with Crippen LogP contribution in [0.5, 0.6) is 0 Å². The Balaban J connectivity index is 1.81. The summed E-state index contributed by atoms with van der Waals surface area (Å²) in [7, 11) is 0. The van der Waals surface area contributed by atoms with Gasteiger partial charge >= 0.3 is 0 Å². The van der Waals surface area contributed by atoms with Crippen LogP contribution in [-0.2, 0) is 13.0 Å². The lowest BCUT2D eigenvalue weighted by molar-refractivity contribution is 0.569. The highest BCUT2D eigenvalue weighted by Gasteiger charge is 2.16. The molecule has 1 aliphatic rings. The van der Waals surface area contributed by atoms with Gasteiger partial charge in [-0.3, -0.25) is 9.67 Å². The first-order chi connectivity index (χ1) is 9.86. The molecule has 1 N–H and O–H groups in total. The third kappa shape index (κ3) is 2.88. The zero-order valence-electron chi connectivity index (χ0n) is 11.9. The minimum absolute atomic E-state index is 0.695.